The molecule has 0 radical (unpaired) electrons. The van der Waals surface area contributed by atoms with E-state index in [9.17, 15) is 14.7 Å². The summed E-state index contributed by atoms with van der Waals surface area (Å²) >= 11 is 6.16. The Bertz CT molecular complexity index is 1520. The van der Waals surface area contributed by atoms with E-state index in [-0.39, 0.29) is 11.3 Å². The Kier molecular flexibility index (Phi) is 5.57. The Morgan fingerprint density at radius 3 is 2.63 bits per heavy atom. The standard InChI is InChI=1S/C27H21ClN2O5/c1-14-7-8-19(15(2)10-14)30-23(18-6-4-5-9-29-18)22(25(32)27(30)33)24(31)20-12-16-11-17(28)13-21(34-3)26(16)35-20/h4-13,23,32H,1-3H3. The molecule has 2 aromatic carbocycles. The minimum absolute atomic E-state index is 0.0571. The molecular formula is C27H21ClN2O5. The number of Topliss-reactive ketones (excluding diaryl/α,β-unsaturated/α-hetero) is 1. The maximum absolute atomic E-state index is 13.8. The average molecular weight is 489 g/mol. The van der Waals surface area contributed by atoms with E-state index in [1.165, 1.54) is 18.1 Å². The number of nitrogens with zero attached hydrogens (tertiary/aromatic N) is 2. The average Bonchev–Trinajstić information content (AvgIpc) is 3.38. The van der Waals surface area contributed by atoms with Crippen LogP contribution in [0, 0.1) is 13.8 Å². The van der Waals surface area contributed by atoms with Crippen molar-refractivity contribution in [3.05, 3.63) is 99.7 Å². The molecule has 2 aromatic heterocycles. The number of benzene rings is 2. The van der Waals surface area contributed by atoms with Crippen LogP contribution < -0.4 is 9.64 Å². The van der Waals surface area contributed by atoms with Crippen LogP contribution in [0.5, 0.6) is 5.75 Å². The molecule has 0 bridgehead atoms. The van der Waals surface area contributed by atoms with E-state index in [1.54, 1.807) is 42.6 Å². The van der Waals surface area contributed by atoms with Crippen molar-refractivity contribution in [2.45, 2.75) is 19.9 Å². The van der Waals surface area contributed by atoms with Gasteiger partial charge in [-0.1, -0.05) is 35.4 Å². The lowest BCUT2D eigenvalue weighted by Gasteiger charge is -2.27. The number of hydrogen-bond donors (Lipinski definition) is 1. The van der Waals surface area contributed by atoms with Crippen molar-refractivity contribution in [3.8, 4) is 5.75 Å². The Morgan fingerprint density at radius 1 is 1.14 bits per heavy atom. The van der Waals surface area contributed by atoms with E-state index in [2.05, 4.69) is 4.98 Å². The highest BCUT2D eigenvalue weighted by Gasteiger charge is 2.46. The summed E-state index contributed by atoms with van der Waals surface area (Å²) in [7, 11) is 1.47. The fourth-order valence-corrected chi connectivity index (χ4v) is 4.68. The molecule has 1 unspecified atom stereocenters. The second-order valence-electron chi connectivity index (χ2n) is 8.35. The number of ketones is 1. The summed E-state index contributed by atoms with van der Waals surface area (Å²) in [5.74, 6) is -1.65. The fourth-order valence-electron chi connectivity index (χ4n) is 4.46. The largest absolute Gasteiger partial charge is 0.503 e. The Hall–Kier alpha value is -4.10. The molecular weight excluding hydrogens is 468 g/mol. The number of aliphatic hydroxyl groups is 1. The van der Waals surface area contributed by atoms with Crippen molar-refractivity contribution in [1.29, 1.82) is 0 Å². The number of methoxy groups -OCH3 is 1. The minimum Gasteiger partial charge on any atom is -0.503 e. The summed E-state index contributed by atoms with van der Waals surface area (Å²) < 4.78 is 11.2. The number of pyridine rings is 1. The number of halogens is 1. The van der Waals surface area contributed by atoms with Gasteiger partial charge in [-0.3, -0.25) is 19.5 Å². The molecule has 0 fully saturated rings. The number of carbonyl (C=O) groups is 2. The zero-order valence-corrected chi connectivity index (χ0v) is 20.0. The number of rotatable bonds is 5. The number of carbonyl (C=O) groups excluding carboxylic acids is 2. The van der Waals surface area contributed by atoms with Crippen LogP contribution in [-0.2, 0) is 4.79 Å². The van der Waals surface area contributed by atoms with Gasteiger partial charge in [0.05, 0.1) is 18.4 Å². The lowest BCUT2D eigenvalue weighted by Crippen LogP contribution is -2.32. The third-order valence-corrected chi connectivity index (χ3v) is 6.24. The first kappa shape index (κ1) is 22.7. The molecule has 1 aliphatic heterocycles. The second-order valence-corrected chi connectivity index (χ2v) is 8.79. The van der Waals surface area contributed by atoms with Gasteiger partial charge in [0.2, 0.25) is 5.78 Å². The molecule has 0 aliphatic carbocycles. The van der Waals surface area contributed by atoms with Crippen molar-refractivity contribution < 1.29 is 23.8 Å². The Balaban J connectivity index is 1.67. The number of aryl methyl sites for hydroxylation is 2. The minimum atomic E-state index is -0.948. The molecule has 8 heteroatoms. The predicted molar refractivity (Wildman–Crippen MR) is 132 cm³/mol. The van der Waals surface area contributed by atoms with Crippen LogP contribution in [0.15, 0.2) is 76.5 Å². The number of hydrogen-bond acceptors (Lipinski definition) is 6. The predicted octanol–water partition coefficient (Wildman–Crippen LogP) is 5.89. The number of fused-ring (bicyclic) bond motifs is 1. The molecule has 1 atom stereocenters. The molecule has 4 aromatic rings. The van der Waals surface area contributed by atoms with Gasteiger partial charge in [-0.15, -0.1) is 0 Å². The van der Waals surface area contributed by atoms with Crippen molar-refractivity contribution in [3.63, 3.8) is 0 Å². The van der Waals surface area contributed by atoms with E-state index in [0.717, 1.165) is 11.1 Å². The first-order valence-corrected chi connectivity index (χ1v) is 11.2. The van der Waals surface area contributed by atoms with Gasteiger partial charge in [0.1, 0.15) is 6.04 Å². The molecule has 0 saturated carbocycles. The van der Waals surface area contributed by atoms with Gasteiger partial charge < -0.3 is 14.3 Å². The van der Waals surface area contributed by atoms with E-state index in [0.29, 0.717) is 33.1 Å². The molecule has 7 nitrogen and oxygen atoms in total. The summed E-state index contributed by atoms with van der Waals surface area (Å²) in [5.41, 5.74) is 3.08. The van der Waals surface area contributed by atoms with Crippen molar-refractivity contribution in [1.82, 2.24) is 4.98 Å². The van der Waals surface area contributed by atoms with Crippen LogP contribution in [0.4, 0.5) is 5.69 Å². The van der Waals surface area contributed by atoms with E-state index in [4.69, 9.17) is 20.8 Å². The molecule has 1 amide bonds. The van der Waals surface area contributed by atoms with Crippen molar-refractivity contribution >= 4 is 39.9 Å². The SMILES string of the molecule is COc1cc(Cl)cc2cc(C(=O)C3=C(O)C(=O)N(c4ccc(C)cc4C)C3c3ccccn3)oc12. The van der Waals surface area contributed by atoms with Crippen LogP contribution in [0.25, 0.3) is 11.0 Å². The second kappa shape index (κ2) is 8.60. The van der Waals surface area contributed by atoms with Gasteiger partial charge in [-0.05, 0) is 49.7 Å². The highest BCUT2D eigenvalue weighted by Crippen LogP contribution is 2.43. The maximum Gasteiger partial charge on any atom is 0.294 e. The summed E-state index contributed by atoms with van der Waals surface area (Å²) in [5, 5.41) is 11.9. The van der Waals surface area contributed by atoms with Gasteiger partial charge in [-0.2, -0.15) is 0 Å². The normalized spacial score (nSPS) is 15.8. The number of aliphatic hydroxyl groups excluding tert-OH is 1. The third kappa shape index (κ3) is 3.74. The van der Waals surface area contributed by atoms with Crippen molar-refractivity contribution in [2.24, 2.45) is 0 Å². The van der Waals surface area contributed by atoms with Crippen LogP contribution >= 0.6 is 11.6 Å². The molecule has 176 valence electrons. The summed E-state index contributed by atoms with van der Waals surface area (Å²) in [4.78, 5) is 32.9. The van der Waals surface area contributed by atoms with E-state index >= 15 is 0 Å². The van der Waals surface area contributed by atoms with E-state index in [1.807, 2.05) is 26.0 Å². The quantitative estimate of drug-likeness (QED) is 0.352. The summed E-state index contributed by atoms with van der Waals surface area (Å²) in [6.07, 6.45) is 1.57. The highest BCUT2D eigenvalue weighted by molar-refractivity contribution is 6.31. The smallest absolute Gasteiger partial charge is 0.294 e. The molecule has 1 N–H and O–H groups in total. The first-order valence-electron chi connectivity index (χ1n) is 10.9. The fraction of sp³-hybridized carbons (Fsp3) is 0.148. The molecule has 5 rings (SSSR count). The topological polar surface area (TPSA) is 92.9 Å². The van der Waals surface area contributed by atoms with Crippen LogP contribution in [0.3, 0.4) is 0 Å². The first-order chi connectivity index (χ1) is 16.8. The maximum atomic E-state index is 13.8. The number of anilines is 1. The van der Waals surface area contributed by atoms with Gasteiger partial charge in [0.15, 0.2) is 22.9 Å². The third-order valence-electron chi connectivity index (χ3n) is 6.02. The van der Waals surface area contributed by atoms with Crippen LogP contribution in [-0.4, -0.2) is 28.9 Å². The summed E-state index contributed by atoms with van der Waals surface area (Å²) in [6.45, 7) is 3.82. The molecule has 1 aliphatic rings. The number of furan rings is 1. The molecule has 0 spiro atoms. The highest BCUT2D eigenvalue weighted by atomic mass is 35.5. The van der Waals surface area contributed by atoms with E-state index < -0.39 is 23.5 Å². The van der Waals surface area contributed by atoms with Gasteiger partial charge in [0, 0.05) is 28.4 Å². The molecule has 3 heterocycles. The van der Waals surface area contributed by atoms with Gasteiger partial charge in [-0.25, -0.2) is 0 Å². The van der Waals surface area contributed by atoms with Gasteiger partial charge >= 0.3 is 0 Å². The zero-order chi connectivity index (χ0) is 24.9. The lowest BCUT2D eigenvalue weighted by molar-refractivity contribution is -0.117. The molecule has 35 heavy (non-hydrogen) atoms. The number of ether oxygens (including phenoxy) is 1. The van der Waals surface area contributed by atoms with Gasteiger partial charge in [0.25, 0.3) is 5.91 Å². The Labute approximate surface area is 206 Å². The number of amides is 1. The van der Waals surface area contributed by atoms with Crippen LogP contribution in [0.2, 0.25) is 5.02 Å². The van der Waals surface area contributed by atoms with Crippen LogP contribution in [0.1, 0.15) is 33.4 Å². The summed E-state index contributed by atoms with van der Waals surface area (Å²) in [6, 6.07) is 14.6. The van der Waals surface area contributed by atoms with Crippen molar-refractivity contribution in [2.75, 3.05) is 12.0 Å². The zero-order valence-electron chi connectivity index (χ0n) is 19.2. The molecule has 0 saturated heterocycles. The Morgan fingerprint density at radius 2 is 1.94 bits per heavy atom. The monoisotopic (exact) mass is 488 g/mol. The lowest BCUT2D eigenvalue weighted by atomic mass is 9.97. The number of aromatic nitrogens is 1.